The molecular formula is C60H94Cl2N8O15. The molecule has 1 fully saturated rings. The van der Waals surface area contributed by atoms with Crippen molar-refractivity contribution in [3.63, 3.8) is 0 Å². The number of nitrogens with zero attached hydrogens (tertiary/aromatic N) is 3. The first-order valence-corrected chi connectivity index (χ1v) is 30.2. The average Bonchev–Trinajstić information content (AvgIpc) is 4.15. The number of likely N-dealkylation sites (tertiary alicyclic amines) is 1. The van der Waals surface area contributed by atoms with E-state index in [-0.39, 0.29) is 130 Å². The number of nitrogens with one attached hydrogen (secondary N) is 5. The highest BCUT2D eigenvalue weighted by Gasteiger charge is 2.44. The normalized spacial score (nSPS) is 16.5. The van der Waals surface area contributed by atoms with Crippen LogP contribution in [-0.4, -0.2) is 216 Å². The standard InChI is InChI=1S/C60H94Cl2N8O15/c1-13-39(6)54(47(80-11)33-50(73)70-24-17-20-46(70)56(81-12)40(7)57(76)64-41(8)55(75)42-18-15-14-16-19-42)69(10)60(79)52(37(2)3)67-59(78)53(38(4)5)68(9)51(74)36-85-31-30-84-29-28-83-27-26-82-25-23-63-58(77)43-21-22-44(65-48(71)34-61)45(32-43)66-49(72)35-62/h14-16,18-19,21-22,32,37-41,46-47,52-56,75H,13,17,20,23-31,33-36H2,1-12H3,(H,63,77)(H,64,76)(H,65,71)(H,66,72)(H,67,78)/t39?,40?,41-,46?,47?,52?,53?,54?,55-,56?/m0/s1. The predicted molar refractivity (Wildman–Crippen MR) is 324 cm³/mol. The zero-order valence-corrected chi connectivity index (χ0v) is 53.1. The summed E-state index contributed by atoms with van der Waals surface area (Å²) in [6.07, 6.45) is -0.401. The van der Waals surface area contributed by atoms with Crippen molar-refractivity contribution >= 4 is 81.8 Å². The number of rotatable bonds is 39. The monoisotopic (exact) mass is 1240 g/mol. The van der Waals surface area contributed by atoms with Gasteiger partial charge in [-0.15, -0.1) is 23.2 Å². The van der Waals surface area contributed by atoms with Crippen LogP contribution >= 0.6 is 23.2 Å². The molecule has 0 aliphatic carbocycles. The first-order valence-electron chi connectivity index (χ1n) is 29.1. The Morgan fingerprint density at radius 3 is 1.86 bits per heavy atom. The number of anilines is 2. The van der Waals surface area contributed by atoms with Crippen LogP contribution in [0.4, 0.5) is 11.4 Å². The smallest absolute Gasteiger partial charge is 0.251 e. The number of ether oxygens (including phenoxy) is 6. The second kappa shape index (κ2) is 38.6. The molecule has 8 amide bonds. The summed E-state index contributed by atoms with van der Waals surface area (Å²) in [6.45, 7) is 16.6. The van der Waals surface area contributed by atoms with E-state index in [0.717, 1.165) is 0 Å². The molecule has 3 rings (SSSR count). The molecule has 0 spiro atoms. The Morgan fingerprint density at radius 1 is 0.718 bits per heavy atom. The molecule has 0 bridgehead atoms. The number of aliphatic hydroxyl groups is 1. The van der Waals surface area contributed by atoms with Gasteiger partial charge in [-0.3, -0.25) is 38.4 Å². The van der Waals surface area contributed by atoms with Crippen LogP contribution in [0.5, 0.6) is 0 Å². The number of alkyl halides is 2. The molecule has 478 valence electrons. The van der Waals surface area contributed by atoms with Gasteiger partial charge in [0.1, 0.15) is 30.5 Å². The molecule has 1 aliphatic rings. The lowest BCUT2D eigenvalue weighted by molar-refractivity contribution is -0.149. The second-order valence-corrected chi connectivity index (χ2v) is 22.5. The van der Waals surface area contributed by atoms with Gasteiger partial charge in [0, 0.05) is 47.0 Å². The Bertz CT molecular complexity index is 2430. The maximum atomic E-state index is 14.7. The average molecular weight is 1240 g/mol. The number of carbonyl (C=O) groups is 8. The predicted octanol–water partition coefficient (Wildman–Crippen LogP) is 4.62. The molecule has 6 N–H and O–H groups in total. The lowest BCUT2D eigenvalue weighted by atomic mass is 9.89. The van der Waals surface area contributed by atoms with Gasteiger partial charge in [-0.2, -0.15) is 0 Å². The molecule has 23 nitrogen and oxygen atoms in total. The molecule has 0 aromatic heterocycles. The van der Waals surface area contributed by atoms with Gasteiger partial charge in [0.05, 0.1) is 106 Å². The van der Waals surface area contributed by atoms with Gasteiger partial charge in [-0.05, 0) is 61.3 Å². The van der Waals surface area contributed by atoms with Crippen LogP contribution in [0.1, 0.15) is 103 Å². The van der Waals surface area contributed by atoms with Gasteiger partial charge in [0.25, 0.3) is 5.91 Å². The van der Waals surface area contributed by atoms with Crippen LogP contribution in [0.2, 0.25) is 0 Å². The maximum absolute atomic E-state index is 14.7. The number of hydrogen-bond donors (Lipinski definition) is 6. The van der Waals surface area contributed by atoms with Gasteiger partial charge < -0.3 is 74.8 Å². The van der Waals surface area contributed by atoms with Gasteiger partial charge in [0.2, 0.25) is 41.4 Å². The van der Waals surface area contributed by atoms with Crippen LogP contribution < -0.4 is 26.6 Å². The lowest BCUT2D eigenvalue weighted by Gasteiger charge is -2.41. The zero-order valence-electron chi connectivity index (χ0n) is 51.6. The molecule has 1 saturated heterocycles. The lowest BCUT2D eigenvalue weighted by Crippen LogP contribution is -2.60. The Hall–Kier alpha value is -5.50. The van der Waals surface area contributed by atoms with Crippen molar-refractivity contribution in [1.29, 1.82) is 0 Å². The van der Waals surface area contributed by atoms with E-state index >= 15 is 0 Å². The van der Waals surface area contributed by atoms with Crippen LogP contribution in [0, 0.1) is 23.7 Å². The third-order valence-corrected chi connectivity index (χ3v) is 15.6. The third-order valence-electron chi connectivity index (χ3n) is 15.1. The summed E-state index contributed by atoms with van der Waals surface area (Å²) in [5, 5.41) is 24.6. The highest BCUT2D eigenvalue weighted by atomic mass is 35.5. The van der Waals surface area contributed by atoms with E-state index in [0.29, 0.717) is 31.4 Å². The molecule has 8 unspecified atom stereocenters. The van der Waals surface area contributed by atoms with Crippen LogP contribution in [0.15, 0.2) is 48.5 Å². The van der Waals surface area contributed by atoms with Crippen molar-refractivity contribution in [1.82, 2.24) is 30.7 Å². The van der Waals surface area contributed by atoms with Crippen molar-refractivity contribution in [2.45, 2.75) is 130 Å². The highest BCUT2D eigenvalue weighted by Crippen LogP contribution is 2.31. The Morgan fingerprint density at radius 2 is 1.31 bits per heavy atom. The van der Waals surface area contributed by atoms with Crippen LogP contribution in [0.3, 0.4) is 0 Å². The minimum absolute atomic E-state index is 0.0608. The molecule has 2 aromatic carbocycles. The van der Waals surface area contributed by atoms with Crippen molar-refractivity contribution in [3.05, 3.63) is 59.7 Å². The topological polar surface area (TPSA) is 282 Å². The molecule has 25 heteroatoms. The number of likely N-dealkylation sites (N-methyl/N-ethyl adjacent to an activating group) is 2. The second-order valence-electron chi connectivity index (χ2n) is 21.9. The van der Waals surface area contributed by atoms with Gasteiger partial charge in [0.15, 0.2) is 0 Å². The molecule has 1 heterocycles. The number of halogens is 2. The first kappa shape index (κ1) is 73.8. The molecule has 1 aliphatic heterocycles. The Labute approximate surface area is 511 Å². The highest BCUT2D eigenvalue weighted by molar-refractivity contribution is 6.30. The number of benzene rings is 2. The summed E-state index contributed by atoms with van der Waals surface area (Å²) in [4.78, 5) is 111. The fraction of sp³-hybridized carbons (Fsp3) is 0.667. The summed E-state index contributed by atoms with van der Waals surface area (Å²) in [5.41, 5.74) is 1.35. The quantitative estimate of drug-likeness (QED) is 0.0394. The van der Waals surface area contributed by atoms with E-state index in [9.17, 15) is 43.5 Å². The summed E-state index contributed by atoms with van der Waals surface area (Å²) >= 11 is 11.2. The fourth-order valence-corrected chi connectivity index (χ4v) is 10.4. The molecular weight excluding hydrogens is 1140 g/mol. The van der Waals surface area contributed by atoms with Crippen molar-refractivity contribution in [2.75, 3.05) is 117 Å². The minimum Gasteiger partial charge on any atom is -0.386 e. The molecule has 2 aromatic rings. The summed E-state index contributed by atoms with van der Waals surface area (Å²) in [7, 11) is 6.22. The summed E-state index contributed by atoms with van der Waals surface area (Å²) in [6, 6.07) is 9.93. The zero-order chi connectivity index (χ0) is 63.3. The van der Waals surface area contributed by atoms with Gasteiger partial charge >= 0.3 is 0 Å². The van der Waals surface area contributed by atoms with E-state index in [4.69, 9.17) is 51.6 Å². The van der Waals surface area contributed by atoms with Crippen LogP contribution in [-0.2, 0) is 62.0 Å². The van der Waals surface area contributed by atoms with Crippen molar-refractivity contribution < 1.29 is 71.9 Å². The fourth-order valence-electron chi connectivity index (χ4n) is 10.3. The van der Waals surface area contributed by atoms with Crippen molar-refractivity contribution in [2.24, 2.45) is 23.7 Å². The Balaban J connectivity index is 1.47. The number of carbonyl (C=O) groups excluding carboxylic acids is 8. The van der Waals surface area contributed by atoms with E-state index in [1.165, 1.54) is 44.4 Å². The third kappa shape index (κ3) is 23.3. The Kier molecular flexibility index (Phi) is 33.5. The molecule has 0 radical (unpaired) electrons. The minimum atomic E-state index is -0.992. The molecule has 0 saturated carbocycles. The van der Waals surface area contributed by atoms with E-state index in [1.54, 1.807) is 42.8 Å². The number of amides is 8. The first-order chi connectivity index (χ1) is 40.5. The summed E-state index contributed by atoms with van der Waals surface area (Å²) < 4.78 is 34.3. The molecule has 85 heavy (non-hydrogen) atoms. The van der Waals surface area contributed by atoms with Crippen LogP contribution in [0.25, 0.3) is 0 Å². The van der Waals surface area contributed by atoms with Gasteiger partial charge in [-0.1, -0.05) is 85.2 Å². The van der Waals surface area contributed by atoms with E-state index in [2.05, 4.69) is 26.6 Å². The van der Waals surface area contributed by atoms with Crippen molar-refractivity contribution in [3.8, 4) is 0 Å². The largest absolute Gasteiger partial charge is 0.386 e. The summed E-state index contributed by atoms with van der Waals surface area (Å²) in [5.74, 6) is -5.44. The van der Waals surface area contributed by atoms with E-state index in [1.807, 2.05) is 59.7 Å². The number of hydrogen-bond acceptors (Lipinski definition) is 15. The SMILES string of the molecule is CCC(C)C(C(CC(=O)N1CCCC1C(OC)C(C)C(=O)N[C@@H](C)[C@H](O)c1ccccc1)OC)N(C)C(=O)C(NC(=O)C(C(C)C)N(C)C(=O)COCCOCCOCCOCCNC(=O)c1ccc(NC(=O)CCl)c(NC(=O)CCl)c1)C(C)C. The van der Waals surface area contributed by atoms with Gasteiger partial charge in [-0.25, -0.2) is 0 Å². The number of methoxy groups -OCH3 is 2. The van der Waals surface area contributed by atoms with E-state index < -0.39 is 84.0 Å². The number of aliphatic hydroxyl groups excluding tert-OH is 1. The maximum Gasteiger partial charge on any atom is 0.251 e. The molecule has 10 atom stereocenters.